The van der Waals surface area contributed by atoms with E-state index in [4.69, 9.17) is 0 Å². The minimum atomic E-state index is -2.28. The van der Waals surface area contributed by atoms with Crippen LogP contribution in [-0.4, -0.2) is 22.2 Å². The fraction of sp³-hybridized carbons (Fsp3) is 0.917. The number of ether oxygens (including phenoxy) is 1. The first kappa shape index (κ1) is 15.4. The van der Waals surface area contributed by atoms with Gasteiger partial charge in [-0.3, -0.25) is 4.79 Å². The molecule has 0 bridgehead atoms. The van der Waals surface area contributed by atoms with Crippen LogP contribution in [-0.2, 0) is 9.53 Å². The number of esters is 1. The summed E-state index contributed by atoms with van der Waals surface area (Å²) >= 11 is 0. The molecule has 0 atom stereocenters. The number of hydrogen-bond donors (Lipinski definition) is 2. The van der Waals surface area contributed by atoms with E-state index in [-0.39, 0.29) is 12.8 Å². The Hall–Kier alpha value is -0.610. The van der Waals surface area contributed by atoms with Crippen molar-refractivity contribution in [1.82, 2.24) is 0 Å². The molecule has 4 heteroatoms. The molecule has 0 aliphatic rings. The molecule has 0 spiro atoms. The molecule has 0 radical (unpaired) electrons. The maximum Gasteiger partial charge on any atom is 0.324 e. The molecular weight excluding hydrogens is 208 g/mol. The highest BCUT2D eigenvalue weighted by atomic mass is 16.8. The van der Waals surface area contributed by atoms with E-state index in [1.54, 1.807) is 0 Å². The van der Waals surface area contributed by atoms with E-state index in [2.05, 4.69) is 4.74 Å². The van der Waals surface area contributed by atoms with Crippen LogP contribution in [0.15, 0.2) is 0 Å². The molecule has 0 aromatic carbocycles. The molecule has 4 nitrogen and oxygen atoms in total. The van der Waals surface area contributed by atoms with E-state index in [1.807, 2.05) is 13.8 Å². The fourth-order valence-electron chi connectivity index (χ4n) is 1.41. The van der Waals surface area contributed by atoms with Crippen molar-refractivity contribution in [3.05, 3.63) is 0 Å². The smallest absolute Gasteiger partial charge is 0.324 e. The maximum absolute atomic E-state index is 11.2. The van der Waals surface area contributed by atoms with E-state index >= 15 is 0 Å². The molecule has 0 aromatic heterocycles. The molecule has 0 heterocycles. The van der Waals surface area contributed by atoms with Crippen molar-refractivity contribution in [2.45, 2.75) is 71.2 Å². The lowest BCUT2D eigenvalue weighted by molar-refractivity contribution is -0.322. The number of hydrogen-bond acceptors (Lipinski definition) is 4. The van der Waals surface area contributed by atoms with Crippen molar-refractivity contribution >= 4 is 5.97 Å². The fourth-order valence-corrected chi connectivity index (χ4v) is 1.41. The van der Waals surface area contributed by atoms with Gasteiger partial charge in [-0.1, -0.05) is 39.5 Å². The van der Waals surface area contributed by atoms with Crippen molar-refractivity contribution in [2.75, 3.05) is 0 Å². The van der Waals surface area contributed by atoms with Gasteiger partial charge >= 0.3 is 11.9 Å². The lowest BCUT2D eigenvalue weighted by Crippen LogP contribution is -2.34. The van der Waals surface area contributed by atoms with Crippen molar-refractivity contribution in [1.29, 1.82) is 0 Å². The third-order valence-electron chi connectivity index (χ3n) is 2.37. The molecule has 96 valence electrons. The number of rotatable bonds is 9. The standard InChI is InChI=1S/C12H24O4/c1-3-5-7-9-11(13)16-12(14,15)10-8-6-4-2/h14-15H,3-10H2,1-2H3. The highest BCUT2D eigenvalue weighted by Crippen LogP contribution is 2.15. The van der Waals surface area contributed by atoms with Crippen molar-refractivity contribution in [2.24, 2.45) is 0 Å². The van der Waals surface area contributed by atoms with E-state index in [0.29, 0.717) is 6.42 Å². The normalized spacial score (nSPS) is 11.5. The zero-order valence-corrected chi connectivity index (χ0v) is 10.4. The molecule has 0 saturated carbocycles. The molecule has 0 rings (SSSR count). The SMILES string of the molecule is CCCCCC(=O)OC(O)(O)CCCCC. The van der Waals surface area contributed by atoms with E-state index in [9.17, 15) is 15.0 Å². The van der Waals surface area contributed by atoms with Crippen LogP contribution in [0.2, 0.25) is 0 Å². The van der Waals surface area contributed by atoms with Gasteiger partial charge in [0.1, 0.15) is 0 Å². The first-order chi connectivity index (χ1) is 7.52. The molecule has 0 aromatic rings. The van der Waals surface area contributed by atoms with Gasteiger partial charge in [0, 0.05) is 12.8 Å². The van der Waals surface area contributed by atoms with Crippen molar-refractivity contribution in [3.8, 4) is 0 Å². The summed E-state index contributed by atoms with van der Waals surface area (Å²) in [4.78, 5) is 11.2. The first-order valence-electron chi connectivity index (χ1n) is 6.18. The summed E-state index contributed by atoms with van der Waals surface area (Å²) in [5.41, 5.74) is 0. The maximum atomic E-state index is 11.2. The van der Waals surface area contributed by atoms with Gasteiger partial charge in [0.25, 0.3) is 0 Å². The second-order valence-electron chi connectivity index (χ2n) is 4.13. The van der Waals surface area contributed by atoms with Crippen LogP contribution in [0.25, 0.3) is 0 Å². The molecule has 0 amide bonds. The molecule has 0 aliphatic carbocycles. The van der Waals surface area contributed by atoms with Gasteiger partial charge in [-0.2, -0.15) is 0 Å². The Bertz CT molecular complexity index is 189. The highest BCUT2D eigenvalue weighted by molar-refractivity contribution is 5.69. The van der Waals surface area contributed by atoms with Crippen LogP contribution in [0.4, 0.5) is 0 Å². The predicted molar refractivity (Wildman–Crippen MR) is 61.5 cm³/mol. The quantitative estimate of drug-likeness (QED) is 0.364. The molecule has 16 heavy (non-hydrogen) atoms. The van der Waals surface area contributed by atoms with Gasteiger partial charge in [0.2, 0.25) is 0 Å². The molecule has 0 aliphatic heterocycles. The Morgan fingerprint density at radius 2 is 1.62 bits per heavy atom. The van der Waals surface area contributed by atoms with Crippen molar-refractivity contribution in [3.63, 3.8) is 0 Å². The second kappa shape index (κ2) is 8.53. The van der Waals surface area contributed by atoms with E-state index in [0.717, 1.165) is 32.1 Å². The van der Waals surface area contributed by atoms with Crippen LogP contribution in [0.1, 0.15) is 65.2 Å². The van der Waals surface area contributed by atoms with Crippen LogP contribution in [0.3, 0.4) is 0 Å². The molecule has 0 saturated heterocycles. The zero-order chi connectivity index (χ0) is 12.4. The Morgan fingerprint density at radius 1 is 1.06 bits per heavy atom. The second-order valence-corrected chi connectivity index (χ2v) is 4.13. The largest absolute Gasteiger partial charge is 0.408 e. The van der Waals surface area contributed by atoms with Crippen LogP contribution >= 0.6 is 0 Å². The zero-order valence-electron chi connectivity index (χ0n) is 10.4. The first-order valence-corrected chi connectivity index (χ1v) is 6.18. The van der Waals surface area contributed by atoms with Gasteiger partial charge in [-0.15, -0.1) is 0 Å². The van der Waals surface area contributed by atoms with Gasteiger partial charge in [-0.05, 0) is 12.8 Å². The molecular formula is C12H24O4. The summed E-state index contributed by atoms with van der Waals surface area (Å²) in [6.07, 6.45) is 5.58. The van der Waals surface area contributed by atoms with Crippen LogP contribution in [0.5, 0.6) is 0 Å². The van der Waals surface area contributed by atoms with Crippen LogP contribution in [0, 0.1) is 0 Å². The third kappa shape index (κ3) is 8.68. The number of unbranched alkanes of at least 4 members (excludes halogenated alkanes) is 4. The Labute approximate surface area is 97.6 Å². The average molecular weight is 232 g/mol. The van der Waals surface area contributed by atoms with E-state index < -0.39 is 11.9 Å². The van der Waals surface area contributed by atoms with Crippen LogP contribution < -0.4 is 0 Å². The molecule has 0 fully saturated rings. The Balaban J connectivity index is 3.72. The van der Waals surface area contributed by atoms with Gasteiger partial charge in [0.05, 0.1) is 0 Å². The van der Waals surface area contributed by atoms with Gasteiger partial charge in [0.15, 0.2) is 0 Å². The van der Waals surface area contributed by atoms with Gasteiger partial charge in [-0.25, -0.2) is 0 Å². The Kier molecular flexibility index (Phi) is 8.21. The minimum absolute atomic E-state index is 0.0837. The summed E-state index contributed by atoms with van der Waals surface area (Å²) in [5.74, 6) is -2.81. The third-order valence-corrected chi connectivity index (χ3v) is 2.37. The van der Waals surface area contributed by atoms with Gasteiger partial charge < -0.3 is 14.9 Å². The molecule has 0 unspecified atom stereocenters. The van der Waals surface area contributed by atoms with Crippen molar-refractivity contribution < 1.29 is 19.7 Å². The lowest BCUT2D eigenvalue weighted by Gasteiger charge is -2.21. The summed E-state index contributed by atoms with van der Waals surface area (Å²) in [6, 6.07) is 0. The summed E-state index contributed by atoms with van der Waals surface area (Å²) in [5, 5.41) is 18.8. The Morgan fingerprint density at radius 3 is 2.19 bits per heavy atom. The average Bonchev–Trinajstić information content (AvgIpc) is 2.17. The number of carbonyl (C=O) groups is 1. The number of aliphatic hydroxyl groups is 2. The summed E-state index contributed by atoms with van der Waals surface area (Å²) < 4.78 is 4.60. The summed E-state index contributed by atoms with van der Waals surface area (Å²) in [6.45, 7) is 4.06. The predicted octanol–water partition coefficient (Wildman–Crippen LogP) is 2.33. The monoisotopic (exact) mass is 232 g/mol. The lowest BCUT2D eigenvalue weighted by atomic mass is 10.2. The minimum Gasteiger partial charge on any atom is -0.408 e. The summed E-state index contributed by atoms with van der Waals surface area (Å²) in [7, 11) is 0. The molecule has 2 N–H and O–H groups in total. The van der Waals surface area contributed by atoms with E-state index in [1.165, 1.54) is 0 Å². The topological polar surface area (TPSA) is 66.8 Å². The highest BCUT2D eigenvalue weighted by Gasteiger charge is 2.27. The number of carbonyl (C=O) groups excluding carboxylic acids is 1.